The molecule has 1 aromatic rings. The molecule has 2 rings (SSSR count). The number of halogens is 4. The fraction of sp³-hybridized carbons (Fsp3) is 0.533. The lowest BCUT2D eigenvalue weighted by Gasteiger charge is -2.38. The van der Waals surface area contributed by atoms with Crippen molar-refractivity contribution >= 4 is 33.4 Å². The Balaban J connectivity index is 2.21. The fourth-order valence-corrected chi connectivity index (χ4v) is 3.41. The van der Waals surface area contributed by atoms with Gasteiger partial charge in [-0.3, -0.25) is 4.79 Å². The van der Waals surface area contributed by atoms with E-state index in [0.29, 0.717) is 5.92 Å². The molecule has 0 spiro atoms. The van der Waals surface area contributed by atoms with E-state index < -0.39 is 28.6 Å². The van der Waals surface area contributed by atoms with Crippen LogP contribution in [0.15, 0.2) is 16.6 Å². The molecule has 6 heteroatoms. The van der Waals surface area contributed by atoms with E-state index in [0.717, 1.165) is 37.8 Å². The molecule has 1 aliphatic carbocycles. The monoisotopic (exact) mass is 379 g/mol. The third-order valence-electron chi connectivity index (χ3n) is 4.10. The second-order valence-corrected chi connectivity index (χ2v) is 6.98. The lowest BCUT2D eigenvalue weighted by atomic mass is 9.78. The molecule has 1 amide bonds. The highest BCUT2D eigenvalue weighted by Crippen LogP contribution is 2.33. The number of carbonyl (C=O) groups excluding carboxylic acids is 1. The Hall–Kier alpha value is -0.680. The Bertz CT molecular complexity index is 521. The van der Waals surface area contributed by atoms with Crippen molar-refractivity contribution in [1.29, 1.82) is 0 Å². The predicted molar refractivity (Wildman–Crippen MR) is 82.6 cm³/mol. The van der Waals surface area contributed by atoms with Crippen molar-refractivity contribution in [3.8, 4) is 0 Å². The number of nitrogens with one attached hydrogen (secondary N) is 1. The molecule has 1 fully saturated rings. The average molecular weight is 381 g/mol. The molecule has 1 N–H and O–H groups in total. The Kier molecular flexibility index (Phi) is 5.25. The summed E-state index contributed by atoms with van der Waals surface area (Å²) in [6, 6.07) is 2.16. The molecule has 0 atom stereocenters. The van der Waals surface area contributed by atoms with Crippen molar-refractivity contribution in [2.75, 3.05) is 5.88 Å². The van der Waals surface area contributed by atoms with Gasteiger partial charge >= 0.3 is 0 Å². The molecule has 0 heterocycles. The highest BCUT2D eigenvalue weighted by Gasteiger charge is 2.36. The Labute approximate surface area is 136 Å². The van der Waals surface area contributed by atoms with Gasteiger partial charge in [0, 0.05) is 10.4 Å². The molecule has 1 aliphatic rings. The fourth-order valence-electron chi connectivity index (χ4n) is 2.67. The van der Waals surface area contributed by atoms with Crippen LogP contribution < -0.4 is 5.32 Å². The first-order valence-electron chi connectivity index (χ1n) is 6.90. The van der Waals surface area contributed by atoms with Crippen LogP contribution in [0.1, 0.15) is 43.0 Å². The second-order valence-electron chi connectivity index (χ2n) is 5.80. The quantitative estimate of drug-likeness (QED) is 0.760. The number of amides is 1. The molecule has 1 saturated carbocycles. The molecule has 0 bridgehead atoms. The number of hydrogen-bond donors (Lipinski definition) is 1. The van der Waals surface area contributed by atoms with Crippen molar-refractivity contribution in [2.45, 2.75) is 38.1 Å². The van der Waals surface area contributed by atoms with Crippen LogP contribution in [0.25, 0.3) is 0 Å². The topological polar surface area (TPSA) is 29.1 Å². The molecule has 0 unspecified atom stereocenters. The summed E-state index contributed by atoms with van der Waals surface area (Å²) in [6.07, 6.45) is 3.34. The van der Waals surface area contributed by atoms with E-state index in [-0.39, 0.29) is 10.4 Å². The maximum Gasteiger partial charge on any atom is 0.257 e. The smallest absolute Gasteiger partial charge is 0.257 e. The van der Waals surface area contributed by atoms with Crippen LogP contribution in [0.3, 0.4) is 0 Å². The zero-order valence-corrected chi connectivity index (χ0v) is 14.0. The van der Waals surface area contributed by atoms with Crippen molar-refractivity contribution in [2.24, 2.45) is 5.92 Å². The number of rotatable bonds is 3. The maximum atomic E-state index is 13.8. The second kappa shape index (κ2) is 6.61. The van der Waals surface area contributed by atoms with Gasteiger partial charge in [0.25, 0.3) is 5.91 Å². The highest BCUT2D eigenvalue weighted by atomic mass is 79.9. The Morgan fingerprint density at radius 1 is 1.38 bits per heavy atom. The van der Waals surface area contributed by atoms with E-state index in [9.17, 15) is 13.6 Å². The molecule has 21 heavy (non-hydrogen) atoms. The first kappa shape index (κ1) is 16.7. The van der Waals surface area contributed by atoms with E-state index in [2.05, 4.69) is 28.2 Å². The number of alkyl halides is 1. The van der Waals surface area contributed by atoms with E-state index in [4.69, 9.17) is 11.6 Å². The summed E-state index contributed by atoms with van der Waals surface area (Å²) in [7, 11) is 0. The van der Waals surface area contributed by atoms with Crippen molar-refractivity contribution in [3.63, 3.8) is 0 Å². The van der Waals surface area contributed by atoms with Crippen LogP contribution >= 0.6 is 27.5 Å². The van der Waals surface area contributed by atoms with Crippen LogP contribution in [0.4, 0.5) is 8.78 Å². The number of benzene rings is 1. The average Bonchev–Trinajstić information content (AvgIpc) is 2.40. The van der Waals surface area contributed by atoms with Gasteiger partial charge in [-0.1, -0.05) is 22.9 Å². The number of carbonyl (C=O) groups is 1. The number of hydrogen-bond acceptors (Lipinski definition) is 1. The van der Waals surface area contributed by atoms with Gasteiger partial charge in [0.1, 0.15) is 17.2 Å². The molecule has 0 radical (unpaired) electrons. The first-order valence-corrected chi connectivity index (χ1v) is 8.23. The Morgan fingerprint density at radius 3 is 2.38 bits per heavy atom. The van der Waals surface area contributed by atoms with Crippen LogP contribution in [-0.2, 0) is 0 Å². The molecule has 2 nitrogen and oxygen atoms in total. The molecular weight excluding hydrogens is 364 g/mol. The lowest BCUT2D eigenvalue weighted by molar-refractivity contribution is 0.0863. The first-order chi connectivity index (χ1) is 9.87. The van der Waals surface area contributed by atoms with Gasteiger partial charge in [-0.05, 0) is 43.7 Å². The summed E-state index contributed by atoms with van der Waals surface area (Å²) < 4.78 is 27.9. The van der Waals surface area contributed by atoms with Crippen molar-refractivity contribution in [1.82, 2.24) is 5.32 Å². The van der Waals surface area contributed by atoms with Crippen molar-refractivity contribution < 1.29 is 13.6 Å². The van der Waals surface area contributed by atoms with Gasteiger partial charge in [-0.25, -0.2) is 8.78 Å². The summed E-state index contributed by atoms with van der Waals surface area (Å²) >= 11 is 9.00. The minimum absolute atomic E-state index is 0.241. The molecule has 1 aromatic carbocycles. The summed E-state index contributed by atoms with van der Waals surface area (Å²) in [5, 5.41) is 2.75. The maximum absolute atomic E-state index is 13.8. The lowest BCUT2D eigenvalue weighted by Crippen LogP contribution is -2.52. The zero-order valence-electron chi connectivity index (χ0n) is 11.7. The third kappa shape index (κ3) is 3.75. The largest absolute Gasteiger partial charge is 0.345 e. The van der Waals surface area contributed by atoms with Gasteiger partial charge in [0.05, 0.1) is 5.54 Å². The highest BCUT2D eigenvalue weighted by molar-refractivity contribution is 9.10. The minimum Gasteiger partial charge on any atom is -0.345 e. The molecule has 0 saturated heterocycles. The van der Waals surface area contributed by atoms with Crippen LogP contribution in [0.5, 0.6) is 0 Å². The van der Waals surface area contributed by atoms with E-state index in [1.54, 1.807) is 0 Å². The van der Waals surface area contributed by atoms with E-state index in [1.807, 2.05) is 0 Å². The SMILES string of the molecule is CC1CCC(CCl)(NC(=O)c2c(F)cc(Br)cc2F)CC1. The van der Waals surface area contributed by atoms with Gasteiger partial charge in [-0.15, -0.1) is 11.6 Å². The van der Waals surface area contributed by atoms with Crippen LogP contribution in [0, 0.1) is 17.6 Å². The van der Waals surface area contributed by atoms with Gasteiger partial charge in [-0.2, -0.15) is 0 Å². The summed E-state index contributed by atoms with van der Waals surface area (Å²) in [4.78, 5) is 12.2. The summed E-state index contributed by atoms with van der Waals surface area (Å²) in [6.45, 7) is 2.15. The summed E-state index contributed by atoms with van der Waals surface area (Å²) in [5.41, 5.74) is -1.13. The van der Waals surface area contributed by atoms with Crippen molar-refractivity contribution in [3.05, 3.63) is 33.8 Å². The molecule has 116 valence electrons. The normalized spacial score (nSPS) is 25.7. The molecule has 0 aliphatic heterocycles. The van der Waals surface area contributed by atoms with Crippen LogP contribution in [-0.4, -0.2) is 17.3 Å². The van der Waals surface area contributed by atoms with E-state index in [1.165, 1.54) is 0 Å². The zero-order chi connectivity index (χ0) is 15.6. The standard InChI is InChI=1S/C15H17BrClF2NO/c1-9-2-4-15(8-17,5-3-9)20-14(21)13-11(18)6-10(16)7-12(13)19/h6-7,9H,2-5,8H2,1H3,(H,20,21). The summed E-state index contributed by atoms with van der Waals surface area (Å²) in [5.74, 6) is -1.68. The van der Waals surface area contributed by atoms with Gasteiger partial charge in [0.15, 0.2) is 0 Å². The predicted octanol–water partition coefficient (Wildman–Crippen LogP) is 4.64. The Morgan fingerprint density at radius 2 is 1.90 bits per heavy atom. The molecular formula is C15H17BrClF2NO. The molecule has 0 aromatic heterocycles. The van der Waals surface area contributed by atoms with E-state index >= 15 is 0 Å². The van der Waals surface area contributed by atoms with Gasteiger partial charge < -0.3 is 5.32 Å². The van der Waals surface area contributed by atoms with Crippen LogP contribution in [0.2, 0.25) is 0 Å². The minimum atomic E-state index is -0.881. The third-order valence-corrected chi connectivity index (χ3v) is 5.07. The van der Waals surface area contributed by atoms with Gasteiger partial charge in [0.2, 0.25) is 0 Å².